The molecule has 0 unspecified atom stereocenters. The molecule has 3 N–H and O–H groups in total. The molecule has 0 aliphatic carbocycles. The monoisotopic (exact) mass is 995 g/mol. The van der Waals surface area contributed by atoms with Gasteiger partial charge in [-0.15, -0.1) is 0 Å². The number of hydroxylamine groups is 2. The van der Waals surface area contributed by atoms with Crippen LogP contribution in [0.15, 0.2) is 48.6 Å². The average molecular weight is 996 g/mol. The number of aliphatic hydroxyl groups excluding tert-OH is 1. The zero-order valence-corrected chi connectivity index (χ0v) is 50.3. The summed E-state index contributed by atoms with van der Waals surface area (Å²) in [6.07, 6.45) is 8.71. The smallest absolute Gasteiger partial charge is 0.404 e. The van der Waals surface area contributed by atoms with Crippen LogP contribution in [0.1, 0.15) is 131 Å². The fraction of sp³-hybridized carbons (Fsp3) is 0.792. The van der Waals surface area contributed by atoms with Gasteiger partial charge in [-0.3, -0.25) is 14.4 Å². The molecule has 14 heteroatoms. The summed E-state index contributed by atoms with van der Waals surface area (Å²) < 4.78 is 27.1. The molecule has 0 aliphatic heterocycles. The molecule has 12 atom stereocenters. The maximum Gasteiger partial charge on any atom is 0.404 e. The highest BCUT2D eigenvalue weighted by atomic mass is 28.4. The molecule has 67 heavy (non-hydrogen) atoms. The Kier molecular flexibility index (Phi) is 25.5. The third kappa shape index (κ3) is 19.9. The predicted molar refractivity (Wildman–Crippen MR) is 287 cm³/mol. The number of hydrogen-bond donors (Lipinski definition) is 2. The Bertz CT molecular complexity index is 1670. The third-order valence-corrected chi connectivity index (χ3v) is 28.8. The van der Waals surface area contributed by atoms with Crippen LogP contribution < -0.4 is 5.73 Å². The van der Waals surface area contributed by atoms with Crippen molar-refractivity contribution in [1.82, 2.24) is 5.06 Å². The number of hydrogen-bond acceptors (Lipinski definition) is 9. The van der Waals surface area contributed by atoms with Crippen molar-refractivity contribution in [3.8, 4) is 0 Å². The van der Waals surface area contributed by atoms with E-state index in [4.69, 9.17) is 28.6 Å². The van der Waals surface area contributed by atoms with Gasteiger partial charge in [-0.05, 0) is 85.5 Å². The molecule has 0 aromatic heterocycles. The van der Waals surface area contributed by atoms with Crippen LogP contribution in [0.25, 0.3) is 0 Å². The molecule has 390 valence electrons. The first kappa shape index (κ1) is 64.8. The van der Waals surface area contributed by atoms with E-state index in [-0.39, 0.29) is 75.0 Å². The van der Waals surface area contributed by atoms with Gasteiger partial charge in [0.25, 0.3) is 5.91 Å². The number of aliphatic hydroxyl groups is 1. The lowest BCUT2D eigenvalue weighted by molar-refractivity contribution is -0.177. The van der Waals surface area contributed by atoms with Crippen molar-refractivity contribution in [3.63, 3.8) is 0 Å². The van der Waals surface area contributed by atoms with E-state index in [2.05, 4.69) is 149 Å². The number of carbonyl (C=O) groups excluding carboxylic acids is 3. The highest BCUT2D eigenvalue weighted by Gasteiger charge is 2.46. The minimum atomic E-state index is -2.41. The Labute approximate surface area is 413 Å². The molecule has 0 rings (SSSR count). The van der Waals surface area contributed by atoms with Gasteiger partial charge in [0.2, 0.25) is 0 Å². The van der Waals surface area contributed by atoms with Gasteiger partial charge < -0.3 is 28.9 Å². The van der Waals surface area contributed by atoms with E-state index in [9.17, 15) is 19.5 Å². The second-order valence-corrected chi connectivity index (χ2v) is 38.7. The van der Waals surface area contributed by atoms with Crippen LogP contribution in [-0.4, -0.2) is 97.6 Å². The van der Waals surface area contributed by atoms with E-state index >= 15 is 0 Å². The number of ether oxygens (including phenoxy) is 1. The summed E-state index contributed by atoms with van der Waals surface area (Å²) in [5, 5.41) is 12.4. The summed E-state index contributed by atoms with van der Waals surface area (Å²) in [5.74, 6) is -2.13. The predicted octanol–water partition coefficient (Wildman–Crippen LogP) is 13.0. The molecular formula is C53H102N2O9Si3. The van der Waals surface area contributed by atoms with Crippen molar-refractivity contribution in [3.05, 3.63) is 48.6 Å². The number of primary amides is 1. The first-order valence-electron chi connectivity index (χ1n) is 24.8. The van der Waals surface area contributed by atoms with Gasteiger partial charge in [0.1, 0.15) is 11.9 Å². The van der Waals surface area contributed by atoms with Crippen LogP contribution in [0.3, 0.4) is 0 Å². The molecule has 0 aromatic rings. The lowest BCUT2D eigenvalue weighted by atomic mass is 9.81. The third-order valence-electron chi connectivity index (χ3n) is 15.4. The van der Waals surface area contributed by atoms with Crippen molar-refractivity contribution in [2.75, 3.05) is 14.2 Å². The van der Waals surface area contributed by atoms with Crippen molar-refractivity contribution >= 4 is 42.7 Å². The summed E-state index contributed by atoms with van der Waals surface area (Å²) in [4.78, 5) is 44.8. The molecule has 0 spiro atoms. The van der Waals surface area contributed by atoms with Gasteiger partial charge in [0.15, 0.2) is 25.0 Å². The van der Waals surface area contributed by atoms with E-state index in [1.807, 2.05) is 25.2 Å². The number of rotatable bonds is 27. The first-order valence-corrected chi connectivity index (χ1v) is 33.5. The van der Waals surface area contributed by atoms with E-state index in [0.717, 1.165) is 6.42 Å². The number of amides is 2. The second kappa shape index (κ2) is 26.3. The van der Waals surface area contributed by atoms with Crippen LogP contribution in [0, 0.1) is 41.4 Å². The minimum Gasteiger partial charge on any atom is -0.445 e. The summed E-state index contributed by atoms with van der Waals surface area (Å²) in [6, 6.07) is 0. The number of allylic oxidation sites excluding steroid dienone is 3. The molecule has 11 nitrogen and oxygen atoms in total. The van der Waals surface area contributed by atoms with Crippen LogP contribution >= 0.6 is 0 Å². The molecule has 0 bridgehead atoms. The lowest BCUT2D eigenvalue weighted by Gasteiger charge is -2.45. The van der Waals surface area contributed by atoms with Crippen molar-refractivity contribution in [2.24, 2.45) is 47.2 Å². The molecule has 0 aliphatic rings. The number of ketones is 1. The lowest BCUT2D eigenvalue weighted by Crippen LogP contribution is -2.51. The van der Waals surface area contributed by atoms with Crippen LogP contribution in [-0.2, 0) is 32.4 Å². The van der Waals surface area contributed by atoms with Gasteiger partial charge in [-0.2, -0.15) is 0 Å². The Balaban J connectivity index is 6.95. The summed E-state index contributed by atoms with van der Waals surface area (Å²) in [5.41, 5.74) is 6.86. The van der Waals surface area contributed by atoms with Crippen molar-refractivity contribution in [1.29, 1.82) is 0 Å². The zero-order valence-electron chi connectivity index (χ0n) is 47.3. The van der Waals surface area contributed by atoms with Gasteiger partial charge in [0, 0.05) is 31.2 Å². The van der Waals surface area contributed by atoms with Gasteiger partial charge >= 0.3 is 6.09 Å². The van der Waals surface area contributed by atoms with Crippen LogP contribution in [0.5, 0.6) is 0 Å². The average Bonchev–Trinajstić information content (AvgIpc) is 3.18. The molecule has 0 aromatic carbocycles. The normalized spacial score (nSPS) is 19.4. The number of carbonyl (C=O) groups is 3. The molecule has 0 fully saturated rings. The first-order chi connectivity index (χ1) is 30.1. The van der Waals surface area contributed by atoms with Crippen molar-refractivity contribution in [2.45, 2.75) is 215 Å². The van der Waals surface area contributed by atoms with Crippen LogP contribution in [0.4, 0.5) is 4.79 Å². The number of nitrogens with two attached hydrogens (primary N) is 1. The zero-order chi connectivity index (χ0) is 53.0. The molecule has 0 saturated heterocycles. The molecular weight excluding hydrogens is 893 g/mol. The quantitative estimate of drug-likeness (QED) is 0.0355. The summed E-state index contributed by atoms with van der Waals surface area (Å²) in [6.45, 7) is 53.3. The van der Waals surface area contributed by atoms with Gasteiger partial charge in [0.05, 0.1) is 37.4 Å². The largest absolute Gasteiger partial charge is 0.445 e. The van der Waals surface area contributed by atoms with Crippen LogP contribution in [0.2, 0.25) is 54.4 Å². The standard InChI is InChI=1S/C53H102N2O9Si3/c1-27-28-29-36(3)46(61-50(54)59)41(8)47(63-66(23,24)52(13,14)15)39(6)33-35(2)32-38(5)45(62-65(21,22)51(10,11)12)37(4)30-31-43(56)34-44(57)40(7)48(42(9)49(58)55(19)60-20)64-67(25,26)53(16,17)18/h27-32,36-43,45-48,56H,1,33-34H2,2-26H3,(H2,54,59)/b29-28+,31-30?,35-32+/t36-,37-,38-,39-,40-,41+,42+,43-,45-,46-,47+,48-/m0/s1. The highest BCUT2D eigenvalue weighted by Crippen LogP contribution is 2.43. The Morgan fingerprint density at radius 1 is 0.657 bits per heavy atom. The topological polar surface area (TPSA) is 147 Å². The summed E-state index contributed by atoms with van der Waals surface area (Å²) in [7, 11) is -3.99. The van der Waals surface area contributed by atoms with E-state index in [1.165, 1.54) is 17.7 Å². The SMILES string of the molecule is C=C/C=C/[C@H](C)[C@H](OC(N)=O)[C@@H](C)[C@H](O[Si](C)(C)C(C)(C)C)[C@@H](C)C/C(C)=C/[C@H](C)[C@@H](O[Si](C)(C)C(C)(C)C)[C@@H](C)C=C[C@H](O)CC(=O)[C@H](C)[C@H](O[Si](C)(C)C(C)(C)C)[C@@H](C)C(=O)N(C)OC. The van der Waals surface area contributed by atoms with E-state index < -0.39 is 61.2 Å². The van der Waals surface area contributed by atoms with E-state index in [1.54, 1.807) is 33.0 Å². The fourth-order valence-electron chi connectivity index (χ4n) is 7.81. The Hall–Kier alpha value is -2.18. The second-order valence-electron chi connectivity index (χ2n) is 24.4. The molecule has 0 radical (unpaired) electrons. The van der Waals surface area contributed by atoms with Gasteiger partial charge in [-0.25, -0.2) is 9.86 Å². The van der Waals surface area contributed by atoms with E-state index in [0.29, 0.717) is 0 Å². The highest BCUT2D eigenvalue weighted by molar-refractivity contribution is 6.75. The Morgan fingerprint density at radius 3 is 1.51 bits per heavy atom. The molecule has 0 saturated carbocycles. The molecule has 2 amide bonds. The summed E-state index contributed by atoms with van der Waals surface area (Å²) >= 11 is 0. The number of Topliss-reactive ketones (excluding diaryl/α,β-unsaturated/α-hetero) is 1. The fourth-order valence-corrected chi connectivity index (χ4v) is 12.2. The number of nitrogens with zero attached hydrogens (tertiary/aromatic N) is 1. The van der Waals surface area contributed by atoms with Crippen molar-refractivity contribution < 1.29 is 42.3 Å². The maximum atomic E-state index is 14.0. The van der Waals surface area contributed by atoms with Gasteiger partial charge in [-0.1, -0.05) is 159 Å². The maximum absolute atomic E-state index is 14.0. The Morgan fingerprint density at radius 2 is 1.09 bits per heavy atom. The minimum absolute atomic E-state index is 0.00976. The molecule has 0 heterocycles.